The molecule has 0 aromatic carbocycles. The molecule has 0 heterocycles. The van der Waals surface area contributed by atoms with Gasteiger partial charge in [0.15, 0.2) is 0 Å². The Morgan fingerprint density at radius 2 is 2.33 bits per heavy atom. The molecule has 12 heavy (non-hydrogen) atoms. The van der Waals surface area contributed by atoms with Crippen LogP contribution < -0.4 is 0 Å². The summed E-state index contributed by atoms with van der Waals surface area (Å²) in [6.07, 6.45) is 6.18. The highest BCUT2D eigenvalue weighted by Gasteiger charge is 2.21. The van der Waals surface area contributed by atoms with Crippen LogP contribution in [-0.4, -0.2) is 17.4 Å². The Balaban J connectivity index is 2.70. The molecular formula is C9H12O3. The summed E-state index contributed by atoms with van der Waals surface area (Å²) in [7, 11) is 0. The van der Waals surface area contributed by atoms with Crippen LogP contribution in [0, 0.1) is 5.92 Å². The van der Waals surface area contributed by atoms with Crippen LogP contribution in [0.25, 0.3) is 0 Å². The lowest BCUT2D eigenvalue weighted by Crippen LogP contribution is -2.18. The van der Waals surface area contributed by atoms with Crippen molar-refractivity contribution < 1.29 is 14.7 Å². The maximum absolute atomic E-state index is 10.6. The van der Waals surface area contributed by atoms with Gasteiger partial charge < -0.3 is 9.90 Å². The zero-order valence-corrected chi connectivity index (χ0v) is 6.82. The van der Waals surface area contributed by atoms with Gasteiger partial charge in [-0.3, -0.25) is 4.79 Å². The van der Waals surface area contributed by atoms with Gasteiger partial charge >= 0.3 is 5.97 Å². The molecular weight excluding hydrogens is 156 g/mol. The minimum Gasteiger partial charge on any atom is -0.480 e. The molecule has 3 heteroatoms. The van der Waals surface area contributed by atoms with Crippen molar-refractivity contribution in [1.29, 1.82) is 0 Å². The first-order valence-corrected chi connectivity index (χ1v) is 4.12. The van der Waals surface area contributed by atoms with E-state index in [-0.39, 0.29) is 0 Å². The van der Waals surface area contributed by atoms with Crippen molar-refractivity contribution in [1.82, 2.24) is 0 Å². The Hall–Kier alpha value is -1.12. The highest BCUT2D eigenvalue weighted by Crippen LogP contribution is 2.23. The Morgan fingerprint density at radius 3 is 2.75 bits per heavy atom. The molecule has 0 aromatic heterocycles. The van der Waals surface area contributed by atoms with Gasteiger partial charge in [-0.15, -0.1) is 0 Å². The van der Waals surface area contributed by atoms with Crippen LogP contribution in [0.15, 0.2) is 11.6 Å². The van der Waals surface area contributed by atoms with E-state index in [1.54, 1.807) is 0 Å². The molecule has 0 saturated heterocycles. The lowest BCUT2D eigenvalue weighted by Gasteiger charge is -2.14. The molecule has 1 aliphatic carbocycles. The summed E-state index contributed by atoms with van der Waals surface area (Å²) in [4.78, 5) is 21.0. The molecule has 0 aliphatic heterocycles. The van der Waals surface area contributed by atoms with E-state index < -0.39 is 11.9 Å². The third-order valence-corrected chi connectivity index (χ3v) is 2.13. The van der Waals surface area contributed by atoms with Crippen LogP contribution in [-0.2, 0) is 9.59 Å². The Bertz CT molecular complexity index is 218. The van der Waals surface area contributed by atoms with Crippen LogP contribution in [0.3, 0.4) is 0 Å². The number of carbonyl (C=O) groups is 2. The van der Waals surface area contributed by atoms with Crippen LogP contribution in [0.4, 0.5) is 0 Å². The third-order valence-electron chi connectivity index (χ3n) is 2.13. The smallest absolute Gasteiger partial charge is 0.317 e. The van der Waals surface area contributed by atoms with Gasteiger partial charge in [0, 0.05) is 0 Å². The number of carbonyl (C=O) groups excluding carboxylic acids is 1. The fourth-order valence-corrected chi connectivity index (χ4v) is 1.45. The molecule has 66 valence electrons. The largest absolute Gasteiger partial charge is 0.480 e. The molecule has 0 radical (unpaired) electrons. The molecule has 0 saturated carbocycles. The first-order valence-electron chi connectivity index (χ1n) is 4.12. The van der Waals surface area contributed by atoms with E-state index in [9.17, 15) is 9.59 Å². The second-order valence-corrected chi connectivity index (χ2v) is 2.98. The van der Waals surface area contributed by atoms with E-state index in [0.717, 1.165) is 31.3 Å². The minimum atomic E-state index is -1.03. The maximum Gasteiger partial charge on any atom is 0.317 e. The SMILES string of the molecule is O=CC(C(=O)O)C1=CCCCC1. The number of hydrogen-bond acceptors (Lipinski definition) is 2. The Morgan fingerprint density at radius 1 is 1.58 bits per heavy atom. The number of aldehydes is 1. The summed E-state index contributed by atoms with van der Waals surface area (Å²) in [6, 6.07) is 0. The first-order chi connectivity index (χ1) is 5.75. The molecule has 0 fully saturated rings. The average Bonchev–Trinajstić information content (AvgIpc) is 2.07. The fourth-order valence-electron chi connectivity index (χ4n) is 1.45. The number of aliphatic carboxylic acids is 1. The molecule has 0 bridgehead atoms. The molecule has 1 unspecified atom stereocenters. The average molecular weight is 168 g/mol. The summed E-state index contributed by atoms with van der Waals surface area (Å²) >= 11 is 0. The quantitative estimate of drug-likeness (QED) is 0.393. The van der Waals surface area contributed by atoms with E-state index in [4.69, 9.17) is 5.11 Å². The second-order valence-electron chi connectivity index (χ2n) is 2.98. The van der Waals surface area contributed by atoms with Gasteiger partial charge in [0.1, 0.15) is 12.2 Å². The van der Waals surface area contributed by atoms with Crippen molar-refractivity contribution >= 4 is 12.3 Å². The predicted octanol–water partition coefficient (Wildman–Crippen LogP) is 1.39. The second kappa shape index (κ2) is 4.04. The zero-order chi connectivity index (χ0) is 8.97. The van der Waals surface area contributed by atoms with Crippen molar-refractivity contribution in [3.8, 4) is 0 Å². The van der Waals surface area contributed by atoms with Crippen molar-refractivity contribution in [3.05, 3.63) is 11.6 Å². The highest BCUT2D eigenvalue weighted by atomic mass is 16.4. The van der Waals surface area contributed by atoms with Gasteiger partial charge in [-0.05, 0) is 25.7 Å². The lowest BCUT2D eigenvalue weighted by molar-refractivity contribution is -0.142. The van der Waals surface area contributed by atoms with E-state index in [0.29, 0.717) is 6.29 Å². The number of rotatable bonds is 3. The van der Waals surface area contributed by atoms with Crippen LogP contribution in [0.5, 0.6) is 0 Å². The van der Waals surface area contributed by atoms with E-state index in [1.807, 2.05) is 6.08 Å². The Labute approximate surface area is 71.1 Å². The van der Waals surface area contributed by atoms with Gasteiger partial charge in [0.05, 0.1) is 0 Å². The number of allylic oxidation sites excluding steroid dienone is 1. The minimum absolute atomic E-state index is 0.513. The molecule has 0 spiro atoms. The third kappa shape index (κ3) is 1.94. The van der Waals surface area contributed by atoms with Crippen molar-refractivity contribution in [3.63, 3.8) is 0 Å². The van der Waals surface area contributed by atoms with Gasteiger partial charge in [0.25, 0.3) is 0 Å². The molecule has 3 nitrogen and oxygen atoms in total. The topological polar surface area (TPSA) is 54.4 Å². The molecule has 1 rings (SSSR count). The van der Waals surface area contributed by atoms with Crippen molar-refractivity contribution in [2.45, 2.75) is 25.7 Å². The normalized spacial score (nSPS) is 19.5. The highest BCUT2D eigenvalue weighted by molar-refractivity contribution is 5.90. The summed E-state index contributed by atoms with van der Waals surface area (Å²) in [6.45, 7) is 0. The molecule has 1 aliphatic rings. The monoisotopic (exact) mass is 168 g/mol. The van der Waals surface area contributed by atoms with E-state index >= 15 is 0 Å². The van der Waals surface area contributed by atoms with Crippen LogP contribution >= 0.6 is 0 Å². The number of hydrogen-bond donors (Lipinski definition) is 1. The number of carboxylic acids is 1. The van der Waals surface area contributed by atoms with Gasteiger partial charge in [-0.25, -0.2) is 0 Å². The predicted molar refractivity (Wildman–Crippen MR) is 43.7 cm³/mol. The molecule has 0 aromatic rings. The number of carboxylic acid groups (broad SMARTS) is 1. The standard InChI is InChI=1S/C9H12O3/c10-6-8(9(11)12)7-4-2-1-3-5-7/h4,6,8H,1-3,5H2,(H,11,12). The molecule has 1 N–H and O–H groups in total. The van der Waals surface area contributed by atoms with Crippen LogP contribution in [0.1, 0.15) is 25.7 Å². The van der Waals surface area contributed by atoms with E-state index in [2.05, 4.69) is 0 Å². The summed E-state index contributed by atoms with van der Waals surface area (Å²) in [5.41, 5.74) is 0.781. The first kappa shape index (κ1) is 8.97. The maximum atomic E-state index is 10.6. The summed E-state index contributed by atoms with van der Waals surface area (Å²) < 4.78 is 0. The zero-order valence-electron chi connectivity index (χ0n) is 6.82. The fraction of sp³-hybridized carbons (Fsp3) is 0.556. The summed E-state index contributed by atoms with van der Waals surface area (Å²) in [5.74, 6) is -1.93. The van der Waals surface area contributed by atoms with Crippen molar-refractivity contribution in [2.75, 3.05) is 0 Å². The molecule has 0 amide bonds. The molecule has 1 atom stereocenters. The summed E-state index contributed by atoms with van der Waals surface area (Å²) in [5, 5.41) is 8.65. The lowest BCUT2D eigenvalue weighted by atomic mass is 9.90. The van der Waals surface area contributed by atoms with Crippen molar-refractivity contribution in [2.24, 2.45) is 5.92 Å². The van der Waals surface area contributed by atoms with Gasteiger partial charge in [0.2, 0.25) is 0 Å². The van der Waals surface area contributed by atoms with E-state index in [1.165, 1.54) is 0 Å². The van der Waals surface area contributed by atoms with Gasteiger partial charge in [-0.2, -0.15) is 0 Å². The van der Waals surface area contributed by atoms with Gasteiger partial charge in [-0.1, -0.05) is 11.6 Å². The Kier molecular flexibility index (Phi) is 3.02. The van der Waals surface area contributed by atoms with Crippen LogP contribution in [0.2, 0.25) is 0 Å².